The molecule has 2 aromatic carbocycles. The molecule has 1 amide bonds. The average Bonchev–Trinajstić information content (AvgIpc) is 2.88. The summed E-state index contributed by atoms with van der Waals surface area (Å²) in [4.78, 5) is 15.5. The number of rotatable bonds is 3. The van der Waals surface area contributed by atoms with Crippen molar-refractivity contribution < 1.29 is 9.18 Å². The number of carbonyl (C=O) groups excluding carboxylic acids is 1. The molecule has 1 heterocycles. The molecule has 0 fully saturated rings. The van der Waals surface area contributed by atoms with Gasteiger partial charge in [0.25, 0.3) is 0 Å². The van der Waals surface area contributed by atoms with Gasteiger partial charge in [0.05, 0.1) is 6.42 Å². The van der Waals surface area contributed by atoms with Crippen LogP contribution in [0, 0.1) is 5.82 Å². The Hall–Kier alpha value is -2.62. The molecule has 4 heteroatoms. The van der Waals surface area contributed by atoms with E-state index in [4.69, 9.17) is 0 Å². The number of benzene rings is 2. The van der Waals surface area contributed by atoms with E-state index in [-0.39, 0.29) is 23.6 Å². The number of anilines is 1. The molecule has 0 spiro atoms. The minimum atomic E-state index is -0.292. The van der Waals surface area contributed by atoms with Gasteiger partial charge in [-0.15, -0.1) is 0 Å². The van der Waals surface area contributed by atoms with Gasteiger partial charge in [0, 0.05) is 22.8 Å². The van der Waals surface area contributed by atoms with Gasteiger partial charge >= 0.3 is 0 Å². The van der Waals surface area contributed by atoms with Crippen molar-refractivity contribution in [3.05, 3.63) is 65.6 Å². The van der Waals surface area contributed by atoms with E-state index in [2.05, 4.69) is 31.1 Å². The highest BCUT2D eigenvalue weighted by molar-refractivity contribution is 5.96. The van der Waals surface area contributed by atoms with E-state index in [0.717, 1.165) is 22.2 Å². The van der Waals surface area contributed by atoms with Crippen LogP contribution in [-0.2, 0) is 16.6 Å². The van der Waals surface area contributed by atoms with Crippen molar-refractivity contribution in [1.29, 1.82) is 0 Å². The van der Waals surface area contributed by atoms with E-state index in [1.165, 1.54) is 12.1 Å². The van der Waals surface area contributed by atoms with Crippen molar-refractivity contribution in [3.63, 3.8) is 0 Å². The third kappa shape index (κ3) is 3.32. The predicted molar refractivity (Wildman–Crippen MR) is 95.7 cm³/mol. The van der Waals surface area contributed by atoms with Gasteiger partial charge in [-0.3, -0.25) is 4.79 Å². The Morgan fingerprint density at radius 3 is 2.67 bits per heavy atom. The number of para-hydroxylation sites is 1. The smallest absolute Gasteiger partial charge is 0.228 e. The number of hydrogen-bond donors (Lipinski definition) is 2. The first-order valence-electron chi connectivity index (χ1n) is 7.99. The Morgan fingerprint density at radius 1 is 1.17 bits per heavy atom. The summed E-state index contributed by atoms with van der Waals surface area (Å²) in [5.41, 5.74) is 3.44. The fourth-order valence-electron chi connectivity index (χ4n) is 2.92. The average molecular weight is 324 g/mol. The third-order valence-corrected chi connectivity index (χ3v) is 4.09. The number of nitrogens with one attached hydrogen (secondary N) is 2. The number of H-pyrrole nitrogens is 1. The fraction of sp³-hybridized carbons (Fsp3) is 0.250. The SMILES string of the molecule is CC(C)(C)c1ccccc1NC(=O)Cc1c[nH]c2cc(F)ccc12. The molecule has 0 aliphatic rings. The van der Waals surface area contributed by atoms with Gasteiger partial charge in [0.1, 0.15) is 5.82 Å². The van der Waals surface area contributed by atoms with Crippen LogP contribution in [0.3, 0.4) is 0 Å². The molecule has 0 atom stereocenters. The van der Waals surface area contributed by atoms with E-state index in [9.17, 15) is 9.18 Å². The normalized spacial score (nSPS) is 11.7. The van der Waals surface area contributed by atoms with Crippen molar-refractivity contribution in [2.24, 2.45) is 0 Å². The zero-order valence-corrected chi connectivity index (χ0v) is 14.1. The van der Waals surface area contributed by atoms with E-state index in [0.29, 0.717) is 5.52 Å². The van der Waals surface area contributed by atoms with Crippen molar-refractivity contribution >= 4 is 22.5 Å². The molecule has 3 rings (SSSR count). The van der Waals surface area contributed by atoms with E-state index >= 15 is 0 Å². The van der Waals surface area contributed by atoms with Gasteiger partial charge in [-0.2, -0.15) is 0 Å². The van der Waals surface area contributed by atoms with Gasteiger partial charge in [0.15, 0.2) is 0 Å². The number of hydrogen-bond acceptors (Lipinski definition) is 1. The Balaban J connectivity index is 1.81. The van der Waals surface area contributed by atoms with Gasteiger partial charge < -0.3 is 10.3 Å². The molecule has 0 saturated heterocycles. The molecular formula is C20H21FN2O. The molecule has 3 aromatic rings. The maximum absolute atomic E-state index is 13.3. The maximum atomic E-state index is 13.3. The van der Waals surface area contributed by atoms with Gasteiger partial charge in [-0.1, -0.05) is 39.0 Å². The van der Waals surface area contributed by atoms with Gasteiger partial charge in [-0.25, -0.2) is 4.39 Å². The van der Waals surface area contributed by atoms with Crippen LogP contribution >= 0.6 is 0 Å². The van der Waals surface area contributed by atoms with Crippen LogP contribution in [0.5, 0.6) is 0 Å². The molecule has 0 unspecified atom stereocenters. The summed E-state index contributed by atoms with van der Waals surface area (Å²) in [5.74, 6) is -0.378. The lowest BCUT2D eigenvalue weighted by Gasteiger charge is -2.23. The van der Waals surface area contributed by atoms with Crippen LogP contribution in [0.15, 0.2) is 48.7 Å². The molecular weight excluding hydrogens is 303 g/mol. The molecule has 3 nitrogen and oxygen atoms in total. The molecule has 0 aliphatic carbocycles. The summed E-state index contributed by atoms with van der Waals surface area (Å²) in [6.45, 7) is 6.35. The number of amides is 1. The van der Waals surface area contributed by atoms with E-state index in [1.807, 2.05) is 24.3 Å². The van der Waals surface area contributed by atoms with Crippen LogP contribution in [-0.4, -0.2) is 10.9 Å². The van der Waals surface area contributed by atoms with Crippen LogP contribution in [0.25, 0.3) is 10.9 Å². The Labute approximate surface area is 140 Å². The summed E-state index contributed by atoms with van der Waals surface area (Å²) in [6, 6.07) is 12.4. The second kappa shape index (κ2) is 6.11. The lowest BCUT2D eigenvalue weighted by molar-refractivity contribution is -0.115. The van der Waals surface area contributed by atoms with E-state index in [1.54, 1.807) is 12.3 Å². The molecule has 0 saturated carbocycles. The largest absolute Gasteiger partial charge is 0.361 e. The molecule has 124 valence electrons. The molecule has 0 bridgehead atoms. The summed E-state index contributed by atoms with van der Waals surface area (Å²) in [5, 5.41) is 3.88. The molecule has 1 aromatic heterocycles. The zero-order chi connectivity index (χ0) is 17.3. The fourth-order valence-corrected chi connectivity index (χ4v) is 2.92. The lowest BCUT2D eigenvalue weighted by Crippen LogP contribution is -2.19. The topological polar surface area (TPSA) is 44.9 Å². The minimum Gasteiger partial charge on any atom is -0.361 e. The Kier molecular flexibility index (Phi) is 4.14. The third-order valence-electron chi connectivity index (χ3n) is 4.09. The second-order valence-corrected chi connectivity index (χ2v) is 7.02. The minimum absolute atomic E-state index is 0.0534. The summed E-state index contributed by atoms with van der Waals surface area (Å²) >= 11 is 0. The van der Waals surface area contributed by atoms with Crippen molar-refractivity contribution in [2.45, 2.75) is 32.6 Å². The van der Waals surface area contributed by atoms with Crippen LogP contribution in [0.4, 0.5) is 10.1 Å². The summed E-state index contributed by atoms with van der Waals surface area (Å²) in [7, 11) is 0. The van der Waals surface area contributed by atoms with E-state index < -0.39 is 0 Å². The number of carbonyl (C=O) groups is 1. The summed E-state index contributed by atoms with van der Waals surface area (Å²) in [6.07, 6.45) is 2.00. The Morgan fingerprint density at radius 2 is 1.92 bits per heavy atom. The molecule has 0 aliphatic heterocycles. The zero-order valence-electron chi connectivity index (χ0n) is 14.1. The first-order valence-corrected chi connectivity index (χ1v) is 7.99. The van der Waals surface area contributed by atoms with Crippen LogP contribution in [0.1, 0.15) is 31.9 Å². The summed E-state index contributed by atoms with van der Waals surface area (Å²) < 4.78 is 13.3. The number of aromatic amines is 1. The number of fused-ring (bicyclic) bond motifs is 1. The van der Waals surface area contributed by atoms with Gasteiger partial charge in [-0.05, 0) is 40.8 Å². The second-order valence-electron chi connectivity index (χ2n) is 7.02. The van der Waals surface area contributed by atoms with Crippen molar-refractivity contribution in [3.8, 4) is 0 Å². The molecule has 2 N–H and O–H groups in total. The molecule has 0 radical (unpaired) electrons. The standard InChI is InChI=1S/C20H21FN2O/c1-20(2,3)16-6-4-5-7-17(16)23-19(24)10-13-12-22-18-11-14(21)8-9-15(13)18/h4-9,11-12,22H,10H2,1-3H3,(H,23,24). The highest BCUT2D eigenvalue weighted by Crippen LogP contribution is 2.29. The highest BCUT2D eigenvalue weighted by atomic mass is 19.1. The van der Waals surface area contributed by atoms with Crippen molar-refractivity contribution in [1.82, 2.24) is 4.98 Å². The van der Waals surface area contributed by atoms with Gasteiger partial charge in [0.2, 0.25) is 5.91 Å². The quantitative estimate of drug-likeness (QED) is 0.715. The lowest BCUT2D eigenvalue weighted by atomic mass is 9.86. The Bertz CT molecular complexity index is 890. The number of halogens is 1. The monoisotopic (exact) mass is 324 g/mol. The molecule has 24 heavy (non-hydrogen) atoms. The van der Waals surface area contributed by atoms with Crippen molar-refractivity contribution in [2.75, 3.05) is 5.32 Å². The highest BCUT2D eigenvalue weighted by Gasteiger charge is 2.19. The number of aromatic nitrogens is 1. The van der Waals surface area contributed by atoms with Crippen LogP contribution in [0.2, 0.25) is 0 Å². The first-order chi connectivity index (χ1) is 11.3. The first kappa shape index (κ1) is 16.2. The predicted octanol–water partition coefficient (Wildman–Crippen LogP) is 4.79. The van der Waals surface area contributed by atoms with Crippen LogP contribution < -0.4 is 5.32 Å². The maximum Gasteiger partial charge on any atom is 0.228 e.